The highest BCUT2D eigenvalue weighted by atomic mass is 16.3. The Morgan fingerprint density at radius 1 is 1.14 bits per heavy atom. The van der Waals surface area contributed by atoms with Gasteiger partial charge >= 0.3 is 0 Å². The van der Waals surface area contributed by atoms with Gasteiger partial charge in [-0.2, -0.15) is 0 Å². The van der Waals surface area contributed by atoms with Crippen LogP contribution in [-0.4, -0.2) is 36.4 Å². The number of nitrogens with one attached hydrogen (secondary N) is 2. The largest absolute Gasteiger partial charge is 0.393 e. The van der Waals surface area contributed by atoms with Crippen molar-refractivity contribution < 1.29 is 5.11 Å². The molecule has 0 aromatic rings. The molecule has 3 N–H and O–H groups in total. The molecule has 86 valence electrons. The third kappa shape index (κ3) is 9.96. The van der Waals surface area contributed by atoms with Crippen LogP contribution in [-0.2, 0) is 0 Å². The fourth-order valence-electron chi connectivity index (χ4n) is 1.12. The monoisotopic (exact) mass is 202 g/mol. The molecule has 14 heavy (non-hydrogen) atoms. The molecule has 3 heteroatoms. The van der Waals surface area contributed by atoms with Crippen LogP contribution >= 0.6 is 0 Å². The topological polar surface area (TPSA) is 44.3 Å². The molecule has 1 unspecified atom stereocenters. The summed E-state index contributed by atoms with van der Waals surface area (Å²) in [5.41, 5.74) is 0.199. The van der Waals surface area contributed by atoms with Crippen LogP contribution < -0.4 is 10.6 Å². The van der Waals surface area contributed by atoms with Gasteiger partial charge in [-0.05, 0) is 40.2 Å². The van der Waals surface area contributed by atoms with Gasteiger partial charge in [0, 0.05) is 18.6 Å². The minimum Gasteiger partial charge on any atom is -0.393 e. The maximum Gasteiger partial charge on any atom is 0.0549 e. The third-order valence-electron chi connectivity index (χ3n) is 2.08. The SMILES string of the molecule is CCC(O)CCNCCNC(C)(C)C. The lowest BCUT2D eigenvalue weighted by atomic mass is 10.1. The van der Waals surface area contributed by atoms with E-state index >= 15 is 0 Å². The Balaban J connectivity index is 3.14. The molecule has 0 fully saturated rings. The summed E-state index contributed by atoms with van der Waals surface area (Å²) in [7, 11) is 0. The summed E-state index contributed by atoms with van der Waals surface area (Å²) in [6, 6.07) is 0. The van der Waals surface area contributed by atoms with Crippen LogP contribution in [0, 0.1) is 0 Å². The molecule has 0 bridgehead atoms. The van der Waals surface area contributed by atoms with Gasteiger partial charge < -0.3 is 15.7 Å². The highest BCUT2D eigenvalue weighted by Gasteiger charge is 2.06. The molecular formula is C11H26N2O. The molecular weight excluding hydrogens is 176 g/mol. The summed E-state index contributed by atoms with van der Waals surface area (Å²) in [5.74, 6) is 0. The molecule has 1 atom stereocenters. The van der Waals surface area contributed by atoms with Crippen LogP contribution in [0.1, 0.15) is 40.5 Å². The zero-order valence-electron chi connectivity index (χ0n) is 10.1. The lowest BCUT2D eigenvalue weighted by molar-refractivity contribution is 0.160. The standard InChI is InChI=1S/C11H26N2O/c1-5-10(14)6-7-12-8-9-13-11(2,3)4/h10,12-14H,5-9H2,1-4H3. The molecule has 3 nitrogen and oxygen atoms in total. The predicted octanol–water partition coefficient (Wildman–Crippen LogP) is 1.13. The van der Waals surface area contributed by atoms with Crippen molar-refractivity contribution in [2.75, 3.05) is 19.6 Å². The van der Waals surface area contributed by atoms with E-state index in [9.17, 15) is 5.11 Å². The fourth-order valence-corrected chi connectivity index (χ4v) is 1.12. The van der Waals surface area contributed by atoms with Crippen molar-refractivity contribution in [1.82, 2.24) is 10.6 Å². The highest BCUT2D eigenvalue weighted by Crippen LogP contribution is 1.96. The molecule has 0 saturated carbocycles. The van der Waals surface area contributed by atoms with Crippen molar-refractivity contribution in [2.24, 2.45) is 0 Å². The zero-order valence-corrected chi connectivity index (χ0v) is 10.1. The van der Waals surface area contributed by atoms with E-state index in [2.05, 4.69) is 31.4 Å². The summed E-state index contributed by atoms with van der Waals surface area (Å²) >= 11 is 0. The van der Waals surface area contributed by atoms with Crippen LogP contribution in [0.25, 0.3) is 0 Å². The normalized spacial score (nSPS) is 14.4. The van der Waals surface area contributed by atoms with Crippen LogP contribution in [0.5, 0.6) is 0 Å². The summed E-state index contributed by atoms with van der Waals surface area (Å²) < 4.78 is 0. The molecule has 0 heterocycles. The predicted molar refractivity (Wildman–Crippen MR) is 61.5 cm³/mol. The maximum absolute atomic E-state index is 9.29. The van der Waals surface area contributed by atoms with Gasteiger partial charge in [-0.1, -0.05) is 6.92 Å². The number of aliphatic hydroxyl groups excluding tert-OH is 1. The van der Waals surface area contributed by atoms with Crippen LogP contribution in [0.3, 0.4) is 0 Å². The van der Waals surface area contributed by atoms with Gasteiger partial charge in [-0.15, -0.1) is 0 Å². The van der Waals surface area contributed by atoms with E-state index in [1.54, 1.807) is 0 Å². The fraction of sp³-hybridized carbons (Fsp3) is 1.00. The van der Waals surface area contributed by atoms with Crippen molar-refractivity contribution in [3.05, 3.63) is 0 Å². The molecule has 0 spiro atoms. The molecule has 0 aliphatic heterocycles. The van der Waals surface area contributed by atoms with E-state index in [-0.39, 0.29) is 11.6 Å². The first-order chi connectivity index (χ1) is 6.45. The van der Waals surface area contributed by atoms with Gasteiger partial charge in [0.05, 0.1) is 6.10 Å². The van der Waals surface area contributed by atoms with E-state index in [0.717, 1.165) is 32.5 Å². The first-order valence-corrected chi connectivity index (χ1v) is 5.59. The average molecular weight is 202 g/mol. The highest BCUT2D eigenvalue weighted by molar-refractivity contribution is 4.70. The van der Waals surface area contributed by atoms with E-state index in [4.69, 9.17) is 0 Å². The summed E-state index contributed by atoms with van der Waals surface area (Å²) in [4.78, 5) is 0. The van der Waals surface area contributed by atoms with Crippen molar-refractivity contribution >= 4 is 0 Å². The molecule has 0 radical (unpaired) electrons. The third-order valence-corrected chi connectivity index (χ3v) is 2.08. The minimum absolute atomic E-state index is 0.141. The number of hydrogen-bond acceptors (Lipinski definition) is 3. The minimum atomic E-state index is -0.141. The summed E-state index contributed by atoms with van der Waals surface area (Å²) in [6.45, 7) is 11.3. The Morgan fingerprint density at radius 3 is 2.29 bits per heavy atom. The molecule has 0 aromatic carbocycles. The van der Waals surface area contributed by atoms with Crippen molar-refractivity contribution in [3.8, 4) is 0 Å². The van der Waals surface area contributed by atoms with Gasteiger partial charge in [0.25, 0.3) is 0 Å². The molecule has 0 saturated heterocycles. The number of aliphatic hydroxyl groups is 1. The van der Waals surface area contributed by atoms with E-state index < -0.39 is 0 Å². The second-order valence-corrected chi connectivity index (χ2v) is 4.78. The van der Waals surface area contributed by atoms with Crippen molar-refractivity contribution in [2.45, 2.75) is 52.2 Å². The van der Waals surface area contributed by atoms with Gasteiger partial charge in [0.2, 0.25) is 0 Å². The number of hydrogen-bond donors (Lipinski definition) is 3. The van der Waals surface area contributed by atoms with Crippen molar-refractivity contribution in [1.29, 1.82) is 0 Å². The van der Waals surface area contributed by atoms with Crippen molar-refractivity contribution in [3.63, 3.8) is 0 Å². The Labute approximate surface area is 88.3 Å². The average Bonchev–Trinajstić information content (AvgIpc) is 2.08. The maximum atomic E-state index is 9.29. The van der Waals surface area contributed by atoms with Gasteiger partial charge in [0.1, 0.15) is 0 Å². The zero-order chi connectivity index (χ0) is 11.0. The molecule has 0 aliphatic rings. The molecule has 0 rings (SSSR count). The van der Waals surface area contributed by atoms with E-state index in [1.165, 1.54) is 0 Å². The first-order valence-electron chi connectivity index (χ1n) is 5.59. The smallest absolute Gasteiger partial charge is 0.0549 e. The Hall–Kier alpha value is -0.120. The summed E-state index contributed by atoms with van der Waals surface area (Å²) in [6.07, 6.45) is 1.56. The second-order valence-electron chi connectivity index (χ2n) is 4.78. The van der Waals surface area contributed by atoms with Crippen LogP contribution in [0.4, 0.5) is 0 Å². The lowest BCUT2D eigenvalue weighted by Crippen LogP contribution is -2.40. The van der Waals surface area contributed by atoms with E-state index in [1.807, 2.05) is 6.92 Å². The van der Waals surface area contributed by atoms with Gasteiger partial charge in [-0.25, -0.2) is 0 Å². The molecule has 0 aliphatic carbocycles. The van der Waals surface area contributed by atoms with Gasteiger partial charge in [-0.3, -0.25) is 0 Å². The van der Waals surface area contributed by atoms with E-state index in [0.29, 0.717) is 0 Å². The quantitative estimate of drug-likeness (QED) is 0.542. The Kier molecular flexibility index (Phi) is 7.15. The van der Waals surface area contributed by atoms with Gasteiger partial charge in [0.15, 0.2) is 0 Å². The number of rotatable bonds is 7. The lowest BCUT2D eigenvalue weighted by Gasteiger charge is -2.20. The Bertz CT molecular complexity index is 132. The summed E-state index contributed by atoms with van der Waals surface area (Å²) in [5, 5.41) is 16.0. The molecule has 0 aromatic heterocycles. The van der Waals surface area contributed by atoms with Crippen LogP contribution in [0.2, 0.25) is 0 Å². The van der Waals surface area contributed by atoms with Crippen LogP contribution in [0.15, 0.2) is 0 Å². The second kappa shape index (κ2) is 7.21. The Morgan fingerprint density at radius 2 is 1.79 bits per heavy atom. The molecule has 0 amide bonds. The first kappa shape index (κ1) is 13.9.